The van der Waals surface area contributed by atoms with Crippen LogP contribution in [0.25, 0.3) is 0 Å². The van der Waals surface area contributed by atoms with Gasteiger partial charge in [0.05, 0.1) is 13.0 Å². The molecule has 0 saturated carbocycles. The minimum atomic E-state index is -0.905. The molecule has 0 bridgehead atoms. The van der Waals surface area contributed by atoms with Crippen LogP contribution in [-0.4, -0.2) is 22.8 Å². The van der Waals surface area contributed by atoms with Gasteiger partial charge in [-0.2, -0.15) is 0 Å². The Hall–Kier alpha value is -1.71. The molecule has 0 radical (unpaired) electrons. The Morgan fingerprint density at radius 2 is 2.21 bits per heavy atom. The second-order valence-corrected chi connectivity index (χ2v) is 2.81. The molecule has 4 nitrogen and oxygen atoms in total. The topological polar surface area (TPSA) is 66.8 Å². The van der Waals surface area contributed by atoms with Crippen molar-refractivity contribution in [3.63, 3.8) is 0 Å². The van der Waals surface area contributed by atoms with Crippen LogP contribution in [0.4, 0.5) is 0 Å². The number of ether oxygens (including phenoxy) is 1. The molecule has 0 spiro atoms. The molecule has 0 aromatic heterocycles. The summed E-state index contributed by atoms with van der Waals surface area (Å²) in [6.45, 7) is 2.23. The SMILES string of the molecule is CCOc1cc(CC(=O)O)ccc1O. The zero-order chi connectivity index (χ0) is 10.6. The van der Waals surface area contributed by atoms with Gasteiger partial charge in [-0.15, -0.1) is 0 Å². The largest absolute Gasteiger partial charge is 0.504 e. The molecule has 0 unspecified atom stereocenters. The second kappa shape index (κ2) is 4.50. The molecular formula is C10H12O4. The first kappa shape index (κ1) is 10.4. The molecule has 1 aromatic rings. The molecular weight excluding hydrogens is 184 g/mol. The molecule has 4 heteroatoms. The van der Waals surface area contributed by atoms with E-state index in [1.54, 1.807) is 13.0 Å². The summed E-state index contributed by atoms with van der Waals surface area (Å²) in [6, 6.07) is 4.53. The number of hydrogen-bond acceptors (Lipinski definition) is 3. The number of aromatic hydroxyl groups is 1. The maximum Gasteiger partial charge on any atom is 0.307 e. The van der Waals surface area contributed by atoms with Crippen molar-refractivity contribution in [2.45, 2.75) is 13.3 Å². The van der Waals surface area contributed by atoms with E-state index in [0.717, 1.165) is 0 Å². The third kappa shape index (κ3) is 2.65. The van der Waals surface area contributed by atoms with Gasteiger partial charge in [0.15, 0.2) is 11.5 Å². The summed E-state index contributed by atoms with van der Waals surface area (Å²) in [5, 5.41) is 17.9. The van der Waals surface area contributed by atoms with E-state index < -0.39 is 5.97 Å². The lowest BCUT2D eigenvalue weighted by atomic mass is 10.1. The standard InChI is InChI=1S/C10H12O4/c1-2-14-9-5-7(6-10(12)13)3-4-8(9)11/h3-5,11H,2,6H2,1H3,(H,12,13). The van der Waals surface area contributed by atoms with Crippen LogP contribution in [0, 0.1) is 0 Å². The molecule has 0 aliphatic rings. The van der Waals surface area contributed by atoms with Crippen molar-refractivity contribution in [2.75, 3.05) is 6.61 Å². The van der Waals surface area contributed by atoms with Gasteiger partial charge >= 0.3 is 5.97 Å². The second-order valence-electron chi connectivity index (χ2n) is 2.81. The van der Waals surface area contributed by atoms with Crippen molar-refractivity contribution in [2.24, 2.45) is 0 Å². The normalized spacial score (nSPS) is 9.79. The van der Waals surface area contributed by atoms with E-state index in [9.17, 15) is 9.90 Å². The van der Waals surface area contributed by atoms with Gasteiger partial charge in [-0.1, -0.05) is 6.07 Å². The Balaban J connectivity index is 2.88. The molecule has 0 aliphatic carbocycles. The van der Waals surface area contributed by atoms with E-state index in [2.05, 4.69) is 0 Å². The molecule has 0 atom stereocenters. The molecule has 1 rings (SSSR count). The fourth-order valence-corrected chi connectivity index (χ4v) is 1.11. The van der Waals surface area contributed by atoms with Crippen molar-refractivity contribution < 1.29 is 19.7 Å². The van der Waals surface area contributed by atoms with E-state index >= 15 is 0 Å². The van der Waals surface area contributed by atoms with Crippen molar-refractivity contribution in [1.29, 1.82) is 0 Å². The summed E-state index contributed by atoms with van der Waals surface area (Å²) >= 11 is 0. The van der Waals surface area contributed by atoms with Crippen molar-refractivity contribution in [3.05, 3.63) is 23.8 Å². The summed E-state index contributed by atoms with van der Waals surface area (Å²) in [6.07, 6.45) is -0.0691. The third-order valence-corrected chi connectivity index (χ3v) is 1.68. The lowest BCUT2D eigenvalue weighted by Gasteiger charge is -2.06. The Morgan fingerprint density at radius 1 is 1.50 bits per heavy atom. The number of rotatable bonds is 4. The van der Waals surface area contributed by atoms with Crippen LogP contribution >= 0.6 is 0 Å². The molecule has 0 fully saturated rings. The first-order valence-electron chi connectivity index (χ1n) is 4.30. The van der Waals surface area contributed by atoms with Crippen LogP contribution in [-0.2, 0) is 11.2 Å². The molecule has 2 N–H and O–H groups in total. The molecule has 0 aliphatic heterocycles. The van der Waals surface area contributed by atoms with Crippen molar-refractivity contribution in [3.8, 4) is 11.5 Å². The van der Waals surface area contributed by atoms with Crippen LogP contribution in [0.3, 0.4) is 0 Å². The van der Waals surface area contributed by atoms with E-state index in [1.165, 1.54) is 12.1 Å². The van der Waals surface area contributed by atoms with Gasteiger partial charge in [-0.05, 0) is 24.6 Å². The third-order valence-electron chi connectivity index (χ3n) is 1.68. The van der Waals surface area contributed by atoms with Crippen LogP contribution < -0.4 is 4.74 Å². The molecule has 0 heterocycles. The summed E-state index contributed by atoms with van der Waals surface area (Å²) in [4.78, 5) is 10.4. The number of aliphatic carboxylic acids is 1. The Morgan fingerprint density at radius 3 is 2.79 bits per heavy atom. The van der Waals surface area contributed by atoms with Gasteiger partial charge in [-0.3, -0.25) is 4.79 Å². The molecule has 76 valence electrons. The van der Waals surface area contributed by atoms with Crippen LogP contribution in [0.1, 0.15) is 12.5 Å². The smallest absolute Gasteiger partial charge is 0.307 e. The highest BCUT2D eigenvalue weighted by molar-refractivity contribution is 5.70. The van der Waals surface area contributed by atoms with Crippen molar-refractivity contribution >= 4 is 5.97 Å². The van der Waals surface area contributed by atoms with E-state index in [-0.39, 0.29) is 12.2 Å². The monoisotopic (exact) mass is 196 g/mol. The Bertz CT molecular complexity index is 333. The lowest BCUT2D eigenvalue weighted by Crippen LogP contribution is -2.00. The zero-order valence-electron chi connectivity index (χ0n) is 7.86. The van der Waals surface area contributed by atoms with E-state index in [4.69, 9.17) is 9.84 Å². The molecule has 0 amide bonds. The number of carbonyl (C=O) groups is 1. The number of benzene rings is 1. The molecule has 0 saturated heterocycles. The van der Waals surface area contributed by atoms with Crippen LogP contribution in [0.5, 0.6) is 11.5 Å². The highest BCUT2D eigenvalue weighted by Gasteiger charge is 2.05. The lowest BCUT2D eigenvalue weighted by molar-refractivity contribution is -0.136. The Kier molecular flexibility index (Phi) is 3.34. The average molecular weight is 196 g/mol. The summed E-state index contributed by atoms with van der Waals surface area (Å²) in [5.41, 5.74) is 0.610. The molecule has 14 heavy (non-hydrogen) atoms. The van der Waals surface area contributed by atoms with Gasteiger partial charge in [0.25, 0.3) is 0 Å². The maximum absolute atomic E-state index is 10.4. The minimum absolute atomic E-state index is 0.0287. The minimum Gasteiger partial charge on any atom is -0.504 e. The first-order chi connectivity index (χ1) is 6.63. The molecule has 1 aromatic carbocycles. The van der Waals surface area contributed by atoms with Crippen LogP contribution in [0.2, 0.25) is 0 Å². The first-order valence-corrected chi connectivity index (χ1v) is 4.30. The fraction of sp³-hybridized carbons (Fsp3) is 0.300. The maximum atomic E-state index is 10.4. The highest BCUT2D eigenvalue weighted by Crippen LogP contribution is 2.26. The quantitative estimate of drug-likeness (QED) is 0.764. The summed E-state index contributed by atoms with van der Waals surface area (Å²) in [7, 11) is 0. The number of carboxylic acid groups (broad SMARTS) is 1. The predicted octanol–water partition coefficient (Wildman–Crippen LogP) is 1.42. The van der Waals surface area contributed by atoms with Crippen LogP contribution in [0.15, 0.2) is 18.2 Å². The number of hydrogen-bond donors (Lipinski definition) is 2. The Labute approximate surface area is 81.8 Å². The zero-order valence-corrected chi connectivity index (χ0v) is 7.86. The number of carboxylic acids is 1. The van der Waals surface area contributed by atoms with E-state index in [1.807, 2.05) is 0 Å². The fourth-order valence-electron chi connectivity index (χ4n) is 1.11. The highest BCUT2D eigenvalue weighted by atomic mass is 16.5. The van der Waals surface area contributed by atoms with Gasteiger partial charge < -0.3 is 14.9 Å². The summed E-state index contributed by atoms with van der Waals surface area (Å²) in [5.74, 6) is -0.551. The van der Waals surface area contributed by atoms with Gasteiger partial charge in [0, 0.05) is 0 Å². The van der Waals surface area contributed by atoms with Crippen molar-refractivity contribution in [1.82, 2.24) is 0 Å². The number of phenolic OH excluding ortho intramolecular Hbond substituents is 1. The van der Waals surface area contributed by atoms with Gasteiger partial charge in [-0.25, -0.2) is 0 Å². The van der Waals surface area contributed by atoms with Gasteiger partial charge in [0.2, 0.25) is 0 Å². The average Bonchev–Trinajstić information content (AvgIpc) is 2.10. The van der Waals surface area contributed by atoms with E-state index in [0.29, 0.717) is 17.9 Å². The summed E-state index contributed by atoms with van der Waals surface area (Å²) < 4.78 is 5.12. The van der Waals surface area contributed by atoms with Gasteiger partial charge in [0.1, 0.15) is 0 Å². The predicted molar refractivity (Wildman–Crippen MR) is 50.6 cm³/mol. The number of phenols is 1.